The molecule has 0 aromatic rings. The Morgan fingerprint density at radius 2 is 2.00 bits per heavy atom. The molecule has 0 saturated carbocycles. The van der Waals surface area contributed by atoms with Crippen LogP contribution < -0.4 is 10.6 Å². The van der Waals surface area contributed by atoms with Crippen LogP contribution in [0.4, 0.5) is 13.2 Å². The fraction of sp³-hybridized carbons (Fsp3) is 1.00. The van der Waals surface area contributed by atoms with Crippen LogP contribution in [0.5, 0.6) is 0 Å². The van der Waals surface area contributed by atoms with Crippen LogP contribution in [0.25, 0.3) is 0 Å². The molecule has 1 aliphatic heterocycles. The molecule has 0 radical (unpaired) electrons. The van der Waals surface area contributed by atoms with Crippen LogP contribution >= 0.6 is 0 Å². The summed E-state index contributed by atoms with van der Waals surface area (Å²) < 4.78 is 35.4. The molecule has 2 N–H and O–H groups in total. The van der Waals surface area contributed by atoms with Gasteiger partial charge in [0.1, 0.15) is 0 Å². The van der Waals surface area contributed by atoms with E-state index in [1.54, 1.807) is 0 Å². The Morgan fingerprint density at radius 3 is 2.73 bits per heavy atom. The Labute approximate surface area is 88.0 Å². The number of nitrogens with zero attached hydrogens (tertiary/aromatic N) is 1. The van der Waals surface area contributed by atoms with Crippen molar-refractivity contribution in [1.29, 1.82) is 0 Å². The SMILES string of the molecule is FC(F)(F)CNCCN1CCCNCC1. The summed E-state index contributed by atoms with van der Waals surface area (Å²) in [6.45, 7) is 4.04. The molecule has 1 saturated heterocycles. The van der Waals surface area contributed by atoms with E-state index < -0.39 is 12.7 Å². The van der Waals surface area contributed by atoms with Gasteiger partial charge in [-0.2, -0.15) is 13.2 Å². The van der Waals surface area contributed by atoms with Gasteiger partial charge < -0.3 is 15.5 Å². The Hall–Kier alpha value is -0.330. The van der Waals surface area contributed by atoms with E-state index in [-0.39, 0.29) is 0 Å². The van der Waals surface area contributed by atoms with Crippen molar-refractivity contribution in [2.45, 2.75) is 12.6 Å². The minimum Gasteiger partial charge on any atom is -0.315 e. The molecule has 3 nitrogen and oxygen atoms in total. The van der Waals surface area contributed by atoms with Crippen molar-refractivity contribution in [2.24, 2.45) is 0 Å². The van der Waals surface area contributed by atoms with Crippen LogP contribution in [0.1, 0.15) is 6.42 Å². The maximum Gasteiger partial charge on any atom is 0.401 e. The van der Waals surface area contributed by atoms with Crippen LogP contribution in [0.15, 0.2) is 0 Å². The van der Waals surface area contributed by atoms with Gasteiger partial charge in [-0.15, -0.1) is 0 Å². The lowest BCUT2D eigenvalue weighted by molar-refractivity contribution is -0.124. The number of rotatable bonds is 4. The van der Waals surface area contributed by atoms with Gasteiger partial charge in [-0.3, -0.25) is 0 Å². The average Bonchev–Trinajstić information content (AvgIpc) is 2.39. The summed E-state index contributed by atoms with van der Waals surface area (Å²) in [4.78, 5) is 2.18. The topological polar surface area (TPSA) is 27.3 Å². The second-order valence-corrected chi connectivity index (χ2v) is 3.74. The van der Waals surface area contributed by atoms with Crippen molar-refractivity contribution in [3.05, 3.63) is 0 Å². The molecular formula is C9H18F3N3. The highest BCUT2D eigenvalue weighted by Crippen LogP contribution is 2.11. The van der Waals surface area contributed by atoms with E-state index in [2.05, 4.69) is 15.5 Å². The van der Waals surface area contributed by atoms with Crippen LogP contribution in [-0.2, 0) is 0 Å². The molecule has 1 rings (SSSR count). The quantitative estimate of drug-likeness (QED) is 0.680. The lowest BCUT2D eigenvalue weighted by atomic mass is 10.4. The largest absolute Gasteiger partial charge is 0.401 e. The highest BCUT2D eigenvalue weighted by molar-refractivity contribution is 4.67. The molecular weight excluding hydrogens is 207 g/mol. The highest BCUT2D eigenvalue weighted by Gasteiger charge is 2.26. The molecule has 0 aliphatic carbocycles. The van der Waals surface area contributed by atoms with Gasteiger partial charge in [-0.25, -0.2) is 0 Å². The minimum absolute atomic E-state index is 0.402. The standard InChI is InChI=1S/C9H18F3N3/c10-9(11,12)8-14-4-7-15-5-1-2-13-3-6-15/h13-14H,1-8H2. The van der Waals surface area contributed by atoms with Crippen molar-refractivity contribution in [1.82, 2.24) is 15.5 Å². The molecule has 15 heavy (non-hydrogen) atoms. The first-order chi connectivity index (χ1) is 7.08. The number of alkyl halides is 3. The third-order valence-corrected chi connectivity index (χ3v) is 2.36. The molecule has 0 unspecified atom stereocenters. The van der Waals surface area contributed by atoms with Gasteiger partial charge in [0.05, 0.1) is 6.54 Å². The van der Waals surface area contributed by atoms with Gasteiger partial charge in [-0.05, 0) is 19.5 Å². The molecule has 1 fully saturated rings. The van der Waals surface area contributed by atoms with E-state index in [0.29, 0.717) is 13.1 Å². The number of hydrogen-bond donors (Lipinski definition) is 2. The third kappa shape index (κ3) is 6.70. The number of halogens is 3. The van der Waals surface area contributed by atoms with Crippen LogP contribution in [-0.4, -0.2) is 56.9 Å². The normalized spacial score (nSPS) is 20.2. The van der Waals surface area contributed by atoms with E-state index >= 15 is 0 Å². The first kappa shape index (κ1) is 12.7. The highest BCUT2D eigenvalue weighted by atomic mass is 19.4. The maximum absolute atomic E-state index is 11.8. The van der Waals surface area contributed by atoms with Crippen molar-refractivity contribution in [3.8, 4) is 0 Å². The first-order valence-electron chi connectivity index (χ1n) is 5.28. The predicted octanol–water partition coefficient (Wildman–Crippen LogP) is 0.434. The zero-order valence-corrected chi connectivity index (χ0v) is 8.74. The van der Waals surface area contributed by atoms with Crippen LogP contribution in [0, 0.1) is 0 Å². The van der Waals surface area contributed by atoms with E-state index in [1.165, 1.54) is 0 Å². The fourth-order valence-corrected chi connectivity index (χ4v) is 1.59. The van der Waals surface area contributed by atoms with Gasteiger partial charge >= 0.3 is 6.18 Å². The predicted molar refractivity (Wildman–Crippen MR) is 52.9 cm³/mol. The number of nitrogens with one attached hydrogen (secondary N) is 2. The molecule has 90 valence electrons. The lowest BCUT2D eigenvalue weighted by Crippen LogP contribution is -2.37. The monoisotopic (exact) mass is 225 g/mol. The van der Waals surface area contributed by atoms with E-state index in [4.69, 9.17) is 0 Å². The van der Waals surface area contributed by atoms with Gasteiger partial charge in [0.25, 0.3) is 0 Å². The van der Waals surface area contributed by atoms with Gasteiger partial charge in [0.15, 0.2) is 0 Å². The Morgan fingerprint density at radius 1 is 1.20 bits per heavy atom. The summed E-state index contributed by atoms with van der Waals surface area (Å²) >= 11 is 0. The zero-order valence-electron chi connectivity index (χ0n) is 8.74. The summed E-state index contributed by atoms with van der Waals surface area (Å²) in [7, 11) is 0. The molecule has 0 spiro atoms. The van der Waals surface area contributed by atoms with Crippen LogP contribution in [0.2, 0.25) is 0 Å². The molecule has 0 aromatic heterocycles. The molecule has 1 aliphatic rings. The molecule has 1 heterocycles. The van der Waals surface area contributed by atoms with Crippen molar-refractivity contribution < 1.29 is 13.2 Å². The zero-order chi connectivity index (χ0) is 11.1. The summed E-state index contributed by atoms with van der Waals surface area (Å²) in [6, 6.07) is 0. The van der Waals surface area contributed by atoms with Gasteiger partial charge in [0, 0.05) is 26.2 Å². The minimum atomic E-state index is -4.10. The number of hydrogen-bond acceptors (Lipinski definition) is 3. The summed E-state index contributed by atoms with van der Waals surface area (Å²) in [6.07, 6.45) is -3.03. The lowest BCUT2D eigenvalue weighted by Gasteiger charge is -2.19. The van der Waals surface area contributed by atoms with E-state index in [1.807, 2.05) is 0 Å². The summed E-state index contributed by atoms with van der Waals surface area (Å²) in [5.41, 5.74) is 0. The molecule has 0 atom stereocenters. The molecule has 0 bridgehead atoms. The van der Waals surface area contributed by atoms with Gasteiger partial charge in [0.2, 0.25) is 0 Å². The smallest absolute Gasteiger partial charge is 0.315 e. The average molecular weight is 225 g/mol. The van der Waals surface area contributed by atoms with Crippen molar-refractivity contribution in [3.63, 3.8) is 0 Å². The van der Waals surface area contributed by atoms with Gasteiger partial charge in [-0.1, -0.05) is 0 Å². The summed E-state index contributed by atoms with van der Waals surface area (Å²) in [5, 5.41) is 5.66. The third-order valence-electron chi connectivity index (χ3n) is 2.36. The van der Waals surface area contributed by atoms with Crippen molar-refractivity contribution in [2.75, 3.05) is 45.8 Å². The fourth-order valence-electron chi connectivity index (χ4n) is 1.59. The Kier molecular flexibility index (Phi) is 5.35. The van der Waals surface area contributed by atoms with Crippen molar-refractivity contribution >= 4 is 0 Å². The van der Waals surface area contributed by atoms with E-state index in [0.717, 1.165) is 32.6 Å². The maximum atomic E-state index is 11.8. The second-order valence-electron chi connectivity index (χ2n) is 3.74. The molecule has 0 amide bonds. The second kappa shape index (κ2) is 6.30. The van der Waals surface area contributed by atoms with E-state index in [9.17, 15) is 13.2 Å². The Balaban J connectivity index is 2.03. The summed E-state index contributed by atoms with van der Waals surface area (Å²) in [5.74, 6) is 0. The first-order valence-corrected chi connectivity index (χ1v) is 5.28. The molecule has 0 aromatic carbocycles. The molecule has 6 heteroatoms. The Bertz CT molecular complexity index is 164. The van der Waals surface area contributed by atoms with Crippen LogP contribution in [0.3, 0.4) is 0 Å².